The van der Waals surface area contributed by atoms with E-state index in [0.717, 1.165) is 21.3 Å². The van der Waals surface area contributed by atoms with Gasteiger partial charge in [0.2, 0.25) is 10.0 Å². The number of carbonyl (C=O) groups excluding carboxylic acids is 2. The summed E-state index contributed by atoms with van der Waals surface area (Å²) < 4.78 is 40.7. The summed E-state index contributed by atoms with van der Waals surface area (Å²) in [6.07, 6.45) is 0.924. The molecule has 3 aromatic rings. The van der Waals surface area contributed by atoms with Crippen LogP contribution in [-0.4, -0.2) is 55.5 Å². The van der Waals surface area contributed by atoms with Crippen LogP contribution in [0.25, 0.3) is 10.2 Å². The van der Waals surface area contributed by atoms with Crippen LogP contribution in [-0.2, 0) is 30.9 Å². The number of nitrogens with zero attached hydrogens (tertiary/aromatic N) is 3. The third-order valence-corrected chi connectivity index (χ3v) is 9.21. The summed E-state index contributed by atoms with van der Waals surface area (Å²) in [4.78, 5) is 30.5. The van der Waals surface area contributed by atoms with Gasteiger partial charge in [0, 0.05) is 6.54 Å². The van der Waals surface area contributed by atoms with Crippen molar-refractivity contribution in [3.05, 3.63) is 52.3 Å². The van der Waals surface area contributed by atoms with Crippen molar-refractivity contribution in [1.29, 1.82) is 0 Å². The van der Waals surface area contributed by atoms with Gasteiger partial charge in [-0.15, -0.1) is 0 Å². The van der Waals surface area contributed by atoms with E-state index in [0.29, 0.717) is 23.4 Å². The van der Waals surface area contributed by atoms with Gasteiger partial charge in [-0.1, -0.05) is 11.3 Å². The minimum absolute atomic E-state index is 0.0909. The number of ether oxygens (including phenoxy) is 2. The Hall–Kier alpha value is -3.02. The van der Waals surface area contributed by atoms with Crippen molar-refractivity contribution in [2.75, 3.05) is 20.3 Å². The lowest BCUT2D eigenvalue weighted by Crippen LogP contribution is -2.40. The first kappa shape index (κ1) is 26.1. The zero-order valence-corrected chi connectivity index (χ0v) is 22.3. The summed E-state index contributed by atoms with van der Waals surface area (Å²) >= 11 is 1.29. The van der Waals surface area contributed by atoms with E-state index >= 15 is 0 Å². The van der Waals surface area contributed by atoms with Crippen LogP contribution in [0.2, 0.25) is 0 Å². The molecular formula is C25H29N3O6S2. The highest BCUT2D eigenvalue weighted by atomic mass is 32.2. The molecule has 0 aliphatic carbocycles. The summed E-state index contributed by atoms with van der Waals surface area (Å²) in [6.45, 7) is 6.07. The number of fused-ring (bicyclic) bond motifs is 1. The molecule has 36 heavy (non-hydrogen) atoms. The van der Waals surface area contributed by atoms with E-state index in [1.54, 1.807) is 23.6 Å². The maximum atomic E-state index is 13.4. The number of hydrogen-bond acceptors (Lipinski definition) is 7. The van der Waals surface area contributed by atoms with Crippen LogP contribution in [0.15, 0.2) is 46.3 Å². The Bertz CT molecular complexity index is 1470. The molecule has 0 spiro atoms. The highest BCUT2D eigenvalue weighted by molar-refractivity contribution is 7.89. The van der Waals surface area contributed by atoms with Gasteiger partial charge in [0.25, 0.3) is 5.91 Å². The van der Waals surface area contributed by atoms with Crippen LogP contribution in [0.3, 0.4) is 0 Å². The third kappa shape index (κ3) is 5.09. The number of esters is 1. The Balaban J connectivity index is 1.73. The summed E-state index contributed by atoms with van der Waals surface area (Å²) in [5.41, 5.74) is 2.90. The summed E-state index contributed by atoms with van der Waals surface area (Å²) in [5, 5.41) is 0. The van der Waals surface area contributed by atoms with Crippen molar-refractivity contribution in [3.63, 3.8) is 0 Å². The normalized spacial score (nSPS) is 17.0. The monoisotopic (exact) mass is 531 g/mol. The molecule has 1 unspecified atom stereocenters. The summed E-state index contributed by atoms with van der Waals surface area (Å²) in [6, 6.07) is 9.12. The number of methoxy groups -OCH3 is 1. The largest absolute Gasteiger partial charge is 0.497 e. The molecule has 0 saturated carbocycles. The maximum Gasteiger partial charge on any atom is 0.326 e. The number of thiazole rings is 1. The molecule has 4 rings (SSSR count). The minimum atomic E-state index is -3.90. The highest BCUT2D eigenvalue weighted by Crippen LogP contribution is 2.28. The fraction of sp³-hybridized carbons (Fsp3) is 0.400. The van der Waals surface area contributed by atoms with Crippen LogP contribution in [0.4, 0.5) is 0 Å². The van der Waals surface area contributed by atoms with Crippen LogP contribution >= 0.6 is 11.3 Å². The highest BCUT2D eigenvalue weighted by Gasteiger charge is 2.39. The molecule has 9 nitrogen and oxygen atoms in total. The van der Waals surface area contributed by atoms with Crippen LogP contribution in [0.5, 0.6) is 5.75 Å². The lowest BCUT2D eigenvalue weighted by atomic mass is 10.1. The number of aromatic nitrogens is 1. The van der Waals surface area contributed by atoms with Gasteiger partial charge in [-0.25, -0.2) is 8.42 Å². The molecule has 0 radical (unpaired) electrons. The second kappa shape index (κ2) is 10.5. The Kier molecular flexibility index (Phi) is 7.62. The standard InChI is InChI=1S/C25H29N3O6S2/c1-5-34-23(29)15-27-21-13-16(2)17(3)14-22(21)35-25(27)26-24(30)20-7-6-12-28(20)36(31,32)19-10-8-18(33-4)9-11-19/h8-11,13-14,20H,5-7,12,15H2,1-4H3. The Labute approximate surface area is 214 Å². The van der Waals surface area contributed by atoms with Crippen LogP contribution in [0, 0.1) is 13.8 Å². The zero-order valence-electron chi connectivity index (χ0n) is 20.7. The number of sulfonamides is 1. The first-order valence-corrected chi connectivity index (χ1v) is 13.9. The van der Waals surface area contributed by atoms with Crippen molar-refractivity contribution < 1.29 is 27.5 Å². The number of amides is 1. The van der Waals surface area contributed by atoms with Gasteiger partial charge in [-0.3, -0.25) is 9.59 Å². The predicted octanol–water partition coefficient (Wildman–Crippen LogP) is 3.17. The second-order valence-corrected chi connectivity index (χ2v) is 11.5. The van der Waals surface area contributed by atoms with Gasteiger partial charge in [-0.2, -0.15) is 9.30 Å². The molecular weight excluding hydrogens is 502 g/mol. The molecule has 1 fully saturated rings. The quantitative estimate of drug-likeness (QED) is 0.434. The molecule has 2 aromatic carbocycles. The average molecular weight is 532 g/mol. The van der Waals surface area contributed by atoms with Gasteiger partial charge >= 0.3 is 5.97 Å². The second-order valence-electron chi connectivity index (χ2n) is 8.58. The maximum absolute atomic E-state index is 13.4. The smallest absolute Gasteiger partial charge is 0.326 e. The van der Waals surface area contributed by atoms with E-state index in [1.165, 1.54) is 34.9 Å². The zero-order chi connectivity index (χ0) is 26.0. The van der Waals surface area contributed by atoms with Crippen molar-refractivity contribution in [2.45, 2.75) is 51.1 Å². The van der Waals surface area contributed by atoms with E-state index in [1.807, 2.05) is 26.0 Å². The fourth-order valence-electron chi connectivity index (χ4n) is 4.22. The third-order valence-electron chi connectivity index (χ3n) is 6.25. The summed E-state index contributed by atoms with van der Waals surface area (Å²) in [5.74, 6) is -0.449. The van der Waals surface area contributed by atoms with E-state index in [4.69, 9.17) is 9.47 Å². The molecule has 1 atom stereocenters. The molecule has 1 aliphatic rings. The van der Waals surface area contributed by atoms with Crippen molar-refractivity contribution in [1.82, 2.24) is 8.87 Å². The molecule has 1 aromatic heterocycles. The van der Waals surface area contributed by atoms with E-state index < -0.39 is 27.9 Å². The fourth-order valence-corrected chi connectivity index (χ4v) is 6.99. The molecule has 1 aliphatic heterocycles. The Morgan fingerprint density at radius 2 is 1.83 bits per heavy atom. The minimum Gasteiger partial charge on any atom is -0.497 e. The molecule has 2 heterocycles. The number of aryl methyl sites for hydroxylation is 2. The topological polar surface area (TPSA) is 107 Å². The van der Waals surface area contributed by atoms with E-state index in [9.17, 15) is 18.0 Å². The van der Waals surface area contributed by atoms with Gasteiger partial charge in [0.15, 0.2) is 4.80 Å². The Morgan fingerprint density at radius 3 is 2.50 bits per heavy atom. The summed E-state index contributed by atoms with van der Waals surface area (Å²) in [7, 11) is -2.40. The molecule has 11 heteroatoms. The predicted molar refractivity (Wildman–Crippen MR) is 136 cm³/mol. The number of rotatable bonds is 7. The SMILES string of the molecule is CCOC(=O)Cn1c(=NC(=O)C2CCCN2S(=O)(=O)c2ccc(OC)cc2)sc2cc(C)c(C)cc21. The Morgan fingerprint density at radius 1 is 1.14 bits per heavy atom. The van der Waals surface area contributed by atoms with Crippen LogP contribution in [0.1, 0.15) is 30.9 Å². The van der Waals surface area contributed by atoms with Crippen molar-refractivity contribution in [3.8, 4) is 5.75 Å². The molecule has 0 N–H and O–H groups in total. The lowest BCUT2D eigenvalue weighted by molar-refractivity contribution is -0.143. The van der Waals surface area contributed by atoms with E-state index in [2.05, 4.69) is 4.99 Å². The van der Waals surface area contributed by atoms with Gasteiger partial charge in [0.05, 0.1) is 28.8 Å². The van der Waals surface area contributed by atoms with Crippen molar-refractivity contribution >= 4 is 43.5 Å². The van der Waals surface area contributed by atoms with Crippen LogP contribution < -0.4 is 9.54 Å². The number of carbonyl (C=O) groups is 2. The molecule has 0 bridgehead atoms. The lowest BCUT2D eigenvalue weighted by Gasteiger charge is -2.21. The molecule has 192 valence electrons. The van der Waals surface area contributed by atoms with Crippen molar-refractivity contribution in [2.24, 2.45) is 4.99 Å². The number of benzene rings is 2. The molecule has 1 amide bonds. The first-order chi connectivity index (χ1) is 17.1. The van der Waals surface area contributed by atoms with Gasteiger partial charge in [-0.05, 0) is 81.1 Å². The van der Waals surface area contributed by atoms with E-state index in [-0.39, 0.29) is 24.6 Å². The van der Waals surface area contributed by atoms with Gasteiger partial charge < -0.3 is 14.0 Å². The average Bonchev–Trinajstić information content (AvgIpc) is 3.46. The van der Waals surface area contributed by atoms with Gasteiger partial charge in [0.1, 0.15) is 18.3 Å². The molecule has 1 saturated heterocycles. The number of hydrogen-bond donors (Lipinski definition) is 0. The first-order valence-electron chi connectivity index (χ1n) is 11.7.